The molecule has 0 aliphatic heterocycles. The Bertz CT molecular complexity index is 843. The van der Waals surface area contributed by atoms with Crippen LogP contribution in [0.5, 0.6) is 0 Å². The van der Waals surface area contributed by atoms with Crippen molar-refractivity contribution in [1.29, 1.82) is 0 Å². The lowest BCUT2D eigenvalue weighted by Crippen LogP contribution is -2.30. The summed E-state index contributed by atoms with van der Waals surface area (Å²) in [5, 5.41) is 13.8. The lowest BCUT2D eigenvalue weighted by molar-refractivity contribution is -0.384. The number of amides is 1. The van der Waals surface area contributed by atoms with Crippen LogP contribution in [0.4, 0.5) is 11.4 Å². The molecule has 0 radical (unpaired) electrons. The topological polar surface area (TPSA) is 102 Å². The highest BCUT2D eigenvalue weighted by Gasteiger charge is 2.20. The van der Waals surface area contributed by atoms with Gasteiger partial charge in [-0.1, -0.05) is 18.2 Å². The second-order valence-corrected chi connectivity index (χ2v) is 7.11. The van der Waals surface area contributed by atoms with Gasteiger partial charge >= 0.3 is 5.97 Å². The van der Waals surface area contributed by atoms with Crippen LogP contribution in [-0.2, 0) is 9.53 Å². The van der Waals surface area contributed by atoms with Gasteiger partial charge in [0, 0.05) is 37.4 Å². The maximum Gasteiger partial charge on any atom is 0.338 e. The van der Waals surface area contributed by atoms with Crippen molar-refractivity contribution in [3.8, 4) is 0 Å². The fraction of sp³-hybridized carbons (Fsp3) is 0.263. The number of nitro benzene ring substituents is 1. The molecule has 0 atom stereocenters. The number of nitro groups is 1. The number of carbonyl (C=O) groups excluding carboxylic acids is 2. The van der Waals surface area contributed by atoms with Gasteiger partial charge < -0.3 is 15.0 Å². The maximum atomic E-state index is 12.1. The van der Waals surface area contributed by atoms with E-state index >= 15 is 0 Å². The molecule has 0 aliphatic rings. The van der Waals surface area contributed by atoms with E-state index in [1.807, 2.05) is 30.3 Å². The first-order valence-electron chi connectivity index (χ1n) is 8.46. The van der Waals surface area contributed by atoms with Crippen LogP contribution in [0, 0.1) is 10.1 Å². The van der Waals surface area contributed by atoms with Gasteiger partial charge in [-0.05, 0) is 24.3 Å². The minimum absolute atomic E-state index is 0.0183. The molecular weight excluding hydrogens is 382 g/mol. The van der Waals surface area contributed by atoms with Gasteiger partial charge in [0.1, 0.15) is 5.69 Å². The number of rotatable bonds is 9. The number of thioether (sulfide) groups is 1. The third-order valence-corrected chi connectivity index (χ3v) is 4.67. The fourth-order valence-corrected chi connectivity index (χ4v) is 3.11. The highest BCUT2D eigenvalue weighted by Crippen LogP contribution is 2.27. The van der Waals surface area contributed by atoms with Crippen molar-refractivity contribution >= 4 is 35.0 Å². The van der Waals surface area contributed by atoms with Crippen LogP contribution in [0.15, 0.2) is 53.4 Å². The summed E-state index contributed by atoms with van der Waals surface area (Å²) in [7, 11) is 3.33. The lowest BCUT2D eigenvalue weighted by atomic mass is 10.1. The normalized spacial score (nSPS) is 10.2. The van der Waals surface area contributed by atoms with E-state index in [9.17, 15) is 19.7 Å². The van der Waals surface area contributed by atoms with Crippen molar-refractivity contribution in [2.75, 3.05) is 37.9 Å². The predicted octanol–water partition coefficient (Wildman–Crippen LogP) is 2.73. The number of ether oxygens (including phenoxy) is 1. The van der Waals surface area contributed by atoms with Crippen molar-refractivity contribution in [2.45, 2.75) is 4.90 Å². The number of benzene rings is 2. The Morgan fingerprint density at radius 2 is 1.89 bits per heavy atom. The van der Waals surface area contributed by atoms with Gasteiger partial charge in [0.15, 0.2) is 6.61 Å². The van der Waals surface area contributed by atoms with Crippen LogP contribution < -0.4 is 10.2 Å². The molecule has 1 N–H and O–H groups in total. The Morgan fingerprint density at radius 1 is 1.18 bits per heavy atom. The van der Waals surface area contributed by atoms with Crippen LogP contribution in [0.25, 0.3) is 0 Å². The fourth-order valence-electron chi connectivity index (χ4n) is 2.32. The molecule has 2 aromatic carbocycles. The van der Waals surface area contributed by atoms with Crippen LogP contribution in [0.1, 0.15) is 10.4 Å². The van der Waals surface area contributed by atoms with Gasteiger partial charge in [-0.15, -0.1) is 11.8 Å². The molecule has 0 saturated carbocycles. The van der Waals surface area contributed by atoms with Gasteiger partial charge in [-0.2, -0.15) is 0 Å². The summed E-state index contributed by atoms with van der Waals surface area (Å²) in [5.41, 5.74) is 0.182. The summed E-state index contributed by atoms with van der Waals surface area (Å²) in [6.07, 6.45) is 0. The Labute approximate surface area is 167 Å². The minimum Gasteiger partial charge on any atom is -0.452 e. The molecule has 1 amide bonds. The minimum atomic E-state index is -0.790. The third kappa shape index (κ3) is 6.27. The molecule has 0 fully saturated rings. The molecule has 0 aromatic heterocycles. The van der Waals surface area contributed by atoms with E-state index in [1.54, 1.807) is 30.8 Å². The maximum absolute atomic E-state index is 12.1. The number of nitrogens with one attached hydrogen (secondary N) is 1. The molecule has 2 aromatic rings. The smallest absolute Gasteiger partial charge is 0.338 e. The Balaban J connectivity index is 1.80. The van der Waals surface area contributed by atoms with E-state index in [0.29, 0.717) is 18.0 Å². The second kappa shape index (κ2) is 10.3. The van der Waals surface area contributed by atoms with E-state index in [4.69, 9.17) is 4.74 Å². The van der Waals surface area contributed by atoms with Gasteiger partial charge in [0.25, 0.3) is 11.6 Å². The van der Waals surface area contributed by atoms with Gasteiger partial charge in [0.05, 0.1) is 10.5 Å². The largest absolute Gasteiger partial charge is 0.452 e. The summed E-state index contributed by atoms with van der Waals surface area (Å²) in [6.45, 7) is -0.0169. The second-order valence-electron chi connectivity index (χ2n) is 5.94. The monoisotopic (exact) mass is 403 g/mol. The molecule has 0 saturated heterocycles. The lowest BCUT2D eigenvalue weighted by Gasteiger charge is -2.13. The van der Waals surface area contributed by atoms with E-state index in [-0.39, 0.29) is 11.3 Å². The molecule has 0 unspecified atom stereocenters. The Kier molecular flexibility index (Phi) is 7.82. The molecule has 28 heavy (non-hydrogen) atoms. The standard InChI is InChI=1S/C19H21N3O5S/c1-21(2)16-9-8-14(12-17(16)22(25)26)19(24)27-13-18(23)20-10-11-28-15-6-4-3-5-7-15/h3-9,12H,10-11,13H2,1-2H3,(H,20,23). The average molecular weight is 403 g/mol. The van der Waals surface area contributed by atoms with Crippen LogP contribution >= 0.6 is 11.8 Å². The molecule has 0 spiro atoms. The Morgan fingerprint density at radius 3 is 2.54 bits per heavy atom. The summed E-state index contributed by atoms with van der Waals surface area (Å²) >= 11 is 1.60. The van der Waals surface area contributed by atoms with E-state index < -0.39 is 23.4 Å². The molecule has 148 valence electrons. The molecule has 0 bridgehead atoms. The zero-order chi connectivity index (χ0) is 20.5. The zero-order valence-electron chi connectivity index (χ0n) is 15.6. The van der Waals surface area contributed by atoms with Gasteiger partial charge in [-0.3, -0.25) is 14.9 Å². The van der Waals surface area contributed by atoms with E-state index in [2.05, 4.69) is 5.32 Å². The van der Waals surface area contributed by atoms with Crippen molar-refractivity contribution in [2.24, 2.45) is 0 Å². The summed E-state index contributed by atoms with van der Waals surface area (Å²) in [4.78, 5) is 37.2. The zero-order valence-corrected chi connectivity index (χ0v) is 16.4. The molecule has 2 rings (SSSR count). The highest BCUT2D eigenvalue weighted by atomic mass is 32.2. The van der Waals surface area contributed by atoms with Crippen LogP contribution in [0.3, 0.4) is 0 Å². The molecule has 0 heterocycles. The van der Waals surface area contributed by atoms with Crippen molar-refractivity contribution in [3.05, 3.63) is 64.2 Å². The number of carbonyl (C=O) groups is 2. The van der Waals surface area contributed by atoms with Crippen molar-refractivity contribution in [1.82, 2.24) is 5.32 Å². The van der Waals surface area contributed by atoms with E-state index in [1.165, 1.54) is 12.1 Å². The first kappa shape index (κ1) is 21.2. The summed E-state index contributed by atoms with van der Waals surface area (Å²) < 4.78 is 4.95. The van der Waals surface area contributed by atoms with Gasteiger partial charge in [-0.25, -0.2) is 4.79 Å². The highest BCUT2D eigenvalue weighted by molar-refractivity contribution is 7.99. The van der Waals surface area contributed by atoms with Crippen molar-refractivity contribution < 1.29 is 19.2 Å². The third-order valence-electron chi connectivity index (χ3n) is 3.66. The quantitative estimate of drug-likeness (QED) is 0.226. The average Bonchev–Trinajstić information content (AvgIpc) is 2.69. The summed E-state index contributed by atoms with van der Waals surface area (Å²) in [6, 6.07) is 13.8. The molecule has 9 heteroatoms. The van der Waals surface area contributed by atoms with Crippen LogP contribution in [0.2, 0.25) is 0 Å². The SMILES string of the molecule is CN(C)c1ccc(C(=O)OCC(=O)NCCSc2ccccc2)cc1[N+](=O)[O-]. The van der Waals surface area contributed by atoms with Gasteiger partial charge in [0.2, 0.25) is 0 Å². The number of hydrogen-bond donors (Lipinski definition) is 1. The number of nitrogens with zero attached hydrogens (tertiary/aromatic N) is 2. The molecule has 8 nitrogen and oxygen atoms in total. The molecular formula is C19H21N3O5S. The number of esters is 1. The predicted molar refractivity (Wildman–Crippen MR) is 108 cm³/mol. The molecule has 0 aliphatic carbocycles. The first-order chi connectivity index (χ1) is 13.4. The first-order valence-corrected chi connectivity index (χ1v) is 9.44. The Hall–Kier alpha value is -3.07. The number of hydrogen-bond acceptors (Lipinski definition) is 7. The van der Waals surface area contributed by atoms with Crippen molar-refractivity contribution in [3.63, 3.8) is 0 Å². The summed E-state index contributed by atoms with van der Waals surface area (Å²) in [5.74, 6) is -0.536. The van der Waals surface area contributed by atoms with Crippen LogP contribution in [-0.4, -0.2) is 49.8 Å². The van der Waals surface area contributed by atoms with E-state index in [0.717, 1.165) is 11.0 Å². The number of anilines is 1.